The van der Waals surface area contributed by atoms with Crippen LogP contribution in [0.3, 0.4) is 0 Å². The fourth-order valence-electron chi connectivity index (χ4n) is 2.97. The van der Waals surface area contributed by atoms with Crippen LogP contribution in [0.2, 0.25) is 0 Å². The van der Waals surface area contributed by atoms with E-state index in [0.29, 0.717) is 57.1 Å². The number of nitrogens with zero attached hydrogens (tertiary/aromatic N) is 4. The van der Waals surface area contributed by atoms with Gasteiger partial charge in [-0.25, -0.2) is 0 Å². The molecule has 0 aromatic carbocycles. The van der Waals surface area contributed by atoms with Crippen LogP contribution in [-0.2, 0) is 20.7 Å². The summed E-state index contributed by atoms with van der Waals surface area (Å²) in [4.78, 5) is 34.2. The van der Waals surface area contributed by atoms with Gasteiger partial charge in [0.2, 0.25) is 17.6 Å². The molecule has 0 atom stereocenters. The number of rotatable bonds is 6. The Morgan fingerprint density at radius 1 is 1.35 bits per heavy atom. The third-order valence-corrected chi connectivity index (χ3v) is 4.41. The van der Waals surface area contributed by atoms with E-state index in [0.717, 1.165) is 5.56 Å². The van der Waals surface area contributed by atoms with Gasteiger partial charge in [0.05, 0.1) is 12.5 Å². The summed E-state index contributed by atoms with van der Waals surface area (Å²) < 4.78 is 10.3. The SMILES string of the molecule is CCOC(=O)C1CCN(C(=O)CCc2nc(-c3cccnc3)no2)CC1. The number of hydrogen-bond donors (Lipinski definition) is 0. The fourth-order valence-corrected chi connectivity index (χ4v) is 2.97. The Hall–Kier alpha value is -2.77. The van der Waals surface area contributed by atoms with Gasteiger partial charge in [-0.1, -0.05) is 5.16 Å². The number of likely N-dealkylation sites (tertiary alicyclic amines) is 1. The summed E-state index contributed by atoms with van der Waals surface area (Å²) in [7, 11) is 0. The van der Waals surface area contributed by atoms with Crippen molar-refractivity contribution in [2.24, 2.45) is 5.92 Å². The van der Waals surface area contributed by atoms with Crippen LogP contribution in [0.1, 0.15) is 32.1 Å². The van der Waals surface area contributed by atoms with Crippen LogP contribution in [0.4, 0.5) is 0 Å². The van der Waals surface area contributed by atoms with Crippen LogP contribution in [0.15, 0.2) is 29.0 Å². The van der Waals surface area contributed by atoms with E-state index in [2.05, 4.69) is 15.1 Å². The Bertz CT molecular complexity index is 739. The lowest BCUT2D eigenvalue weighted by Crippen LogP contribution is -2.40. The smallest absolute Gasteiger partial charge is 0.309 e. The number of piperidine rings is 1. The second kappa shape index (κ2) is 8.55. The van der Waals surface area contributed by atoms with Gasteiger partial charge in [-0.15, -0.1) is 0 Å². The fraction of sp³-hybridized carbons (Fsp3) is 0.500. The molecule has 8 nitrogen and oxygen atoms in total. The van der Waals surface area contributed by atoms with E-state index in [9.17, 15) is 9.59 Å². The first-order valence-electron chi connectivity index (χ1n) is 8.84. The molecule has 0 saturated carbocycles. The number of pyridine rings is 1. The maximum atomic E-state index is 12.4. The van der Waals surface area contributed by atoms with Crippen molar-refractivity contribution in [2.75, 3.05) is 19.7 Å². The van der Waals surface area contributed by atoms with Crippen LogP contribution in [0.5, 0.6) is 0 Å². The summed E-state index contributed by atoms with van der Waals surface area (Å²) in [5.74, 6) is 0.674. The lowest BCUT2D eigenvalue weighted by atomic mass is 9.97. The van der Waals surface area contributed by atoms with Crippen molar-refractivity contribution in [3.8, 4) is 11.4 Å². The average Bonchev–Trinajstić information content (AvgIpc) is 3.16. The van der Waals surface area contributed by atoms with Gasteiger partial charge in [-0.05, 0) is 31.9 Å². The van der Waals surface area contributed by atoms with Crippen molar-refractivity contribution in [2.45, 2.75) is 32.6 Å². The van der Waals surface area contributed by atoms with Gasteiger partial charge < -0.3 is 14.2 Å². The second-order valence-corrected chi connectivity index (χ2v) is 6.16. The van der Waals surface area contributed by atoms with E-state index in [1.54, 1.807) is 30.3 Å². The summed E-state index contributed by atoms with van der Waals surface area (Å²) >= 11 is 0. The quantitative estimate of drug-likeness (QED) is 0.727. The van der Waals surface area contributed by atoms with Gasteiger partial charge in [-0.3, -0.25) is 14.6 Å². The highest BCUT2D eigenvalue weighted by atomic mass is 16.5. The van der Waals surface area contributed by atoms with Crippen LogP contribution < -0.4 is 0 Å². The molecule has 138 valence electrons. The predicted molar refractivity (Wildman–Crippen MR) is 91.8 cm³/mol. The minimum Gasteiger partial charge on any atom is -0.466 e. The molecule has 0 unspecified atom stereocenters. The average molecular weight is 358 g/mol. The molecule has 1 saturated heterocycles. The molecular weight excluding hydrogens is 336 g/mol. The Balaban J connectivity index is 1.46. The van der Waals surface area contributed by atoms with E-state index in [1.165, 1.54) is 0 Å². The van der Waals surface area contributed by atoms with E-state index in [4.69, 9.17) is 9.26 Å². The molecular formula is C18H22N4O4. The molecule has 1 fully saturated rings. The molecule has 3 heterocycles. The monoisotopic (exact) mass is 358 g/mol. The van der Waals surface area contributed by atoms with E-state index < -0.39 is 0 Å². The summed E-state index contributed by atoms with van der Waals surface area (Å²) in [6.07, 6.45) is 5.33. The van der Waals surface area contributed by atoms with Crippen LogP contribution >= 0.6 is 0 Å². The van der Waals surface area contributed by atoms with Gasteiger partial charge in [0.15, 0.2) is 0 Å². The lowest BCUT2D eigenvalue weighted by Gasteiger charge is -2.30. The van der Waals surface area contributed by atoms with Crippen LogP contribution in [0, 0.1) is 5.92 Å². The molecule has 2 aromatic rings. The second-order valence-electron chi connectivity index (χ2n) is 6.16. The van der Waals surface area contributed by atoms with Gasteiger partial charge in [-0.2, -0.15) is 4.98 Å². The van der Waals surface area contributed by atoms with Crippen molar-refractivity contribution < 1.29 is 18.8 Å². The van der Waals surface area contributed by atoms with E-state index in [-0.39, 0.29) is 17.8 Å². The molecule has 1 aliphatic rings. The Morgan fingerprint density at radius 2 is 2.15 bits per heavy atom. The lowest BCUT2D eigenvalue weighted by molar-refractivity contribution is -0.151. The summed E-state index contributed by atoms with van der Waals surface area (Å²) in [5, 5.41) is 3.92. The Morgan fingerprint density at radius 3 is 2.85 bits per heavy atom. The van der Waals surface area contributed by atoms with Crippen LogP contribution in [0.25, 0.3) is 11.4 Å². The first kappa shape index (κ1) is 18.0. The number of aromatic nitrogens is 3. The minimum absolute atomic E-state index is 0.0356. The molecule has 0 radical (unpaired) electrons. The highest BCUT2D eigenvalue weighted by molar-refractivity contribution is 5.77. The van der Waals surface area contributed by atoms with Gasteiger partial charge in [0, 0.05) is 43.9 Å². The number of ether oxygens (including phenoxy) is 1. The highest BCUT2D eigenvalue weighted by Crippen LogP contribution is 2.20. The highest BCUT2D eigenvalue weighted by Gasteiger charge is 2.28. The third kappa shape index (κ3) is 4.44. The van der Waals surface area contributed by atoms with Gasteiger partial charge in [0.25, 0.3) is 0 Å². The molecule has 8 heteroatoms. The minimum atomic E-state index is -0.159. The maximum Gasteiger partial charge on any atom is 0.309 e. The van der Waals surface area contributed by atoms with Crippen molar-refractivity contribution in [1.82, 2.24) is 20.0 Å². The number of carbonyl (C=O) groups excluding carboxylic acids is 2. The summed E-state index contributed by atoms with van der Waals surface area (Å²) in [5.41, 5.74) is 0.773. The topological polar surface area (TPSA) is 98.4 Å². The van der Waals surface area contributed by atoms with E-state index >= 15 is 0 Å². The molecule has 0 aliphatic carbocycles. The molecule has 0 spiro atoms. The molecule has 0 bridgehead atoms. The zero-order valence-electron chi connectivity index (χ0n) is 14.8. The number of esters is 1. The van der Waals surface area contributed by atoms with Crippen molar-refractivity contribution in [3.05, 3.63) is 30.4 Å². The van der Waals surface area contributed by atoms with Crippen molar-refractivity contribution >= 4 is 11.9 Å². The molecule has 26 heavy (non-hydrogen) atoms. The predicted octanol–water partition coefficient (Wildman–Crippen LogP) is 1.87. The van der Waals surface area contributed by atoms with Crippen molar-refractivity contribution in [3.63, 3.8) is 0 Å². The summed E-state index contributed by atoms with van der Waals surface area (Å²) in [6, 6.07) is 3.65. The zero-order valence-corrected chi connectivity index (χ0v) is 14.8. The van der Waals surface area contributed by atoms with Crippen LogP contribution in [-0.4, -0.2) is 51.6 Å². The standard InChI is InChI=1S/C18H22N4O4/c1-2-25-18(24)13-7-10-22(11-8-13)16(23)6-5-15-20-17(21-26-15)14-4-3-9-19-12-14/h3-4,9,12-13H,2,5-8,10-11H2,1H3. The number of carbonyl (C=O) groups is 2. The molecule has 1 amide bonds. The first-order valence-corrected chi connectivity index (χ1v) is 8.84. The first-order chi connectivity index (χ1) is 12.7. The maximum absolute atomic E-state index is 12.4. The van der Waals surface area contributed by atoms with Gasteiger partial charge in [0.1, 0.15) is 0 Å². The zero-order chi connectivity index (χ0) is 18.4. The summed E-state index contributed by atoms with van der Waals surface area (Å²) in [6.45, 7) is 3.34. The molecule has 1 aliphatic heterocycles. The van der Waals surface area contributed by atoms with Crippen molar-refractivity contribution in [1.29, 1.82) is 0 Å². The number of aryl methyl sites for hydroxylation is 1. The Labute approximate surface area is 151 Å². The molecule has 2 aromatic heterocycles. The van der Waals surface area contributed by atoms with E-state index in [1.807, 2.05) is 6.07 Å². The molecule has 3 rings (SSSR count). The number of hydrogen-bond acceptors (Lipinski definition) is 7. The largest absolute Gasteiger partial charge is 0.466 e. The normalized spacial score (nSPS) is 15.0. The van der Waals surface area contributed by atoms with Gasteiger partial charge >= 0.3 is 5.97 Å². The third-order valence-electron chi connectivity index (χ3n) is 4.41. The Kier molecular flexibility index (Phi) is 5.93. The number of amides is 1. The molecule has 0 N–H and O–H groups in total.